The maximum Gasteiger partial charge on any atom is 0.147 e. The highest BCUT2D eigenvalue weighted by atomic mass is 16.3. The first kappa shape index (κ1) is 13.3. The van der Waals surface area contributed by atoms with Gasteiger partial charge < -0.3 is 4.42 Å². The minimum atomic E-state index is -0.217. The lowest BCUT2D eigenvalue weighted by molar-refractivity contribution is -0.130. The van der Waals surface area contributed by atoms with Gasteiger partial charge in [-0.15, -0.1) is 0 Å². The average Bonchev–Trinajstić information content (AvgIpc) is 2.91. The number of furan rings is 1. The van der Waals surface area contributed by atoms with Gasteiger partial charge in [0.15, 0.2) is 0 Å². The molecule has 22 heavy (non-hydrogen) atoms. The summed E-state index contributed by atoms with van der Waals surface area (Å²) in [5, 5.41) is 3.27. The minimum absolute atomic E-state index is 0.0167. The Balaban J connectivity index is 1.95. The van der Waals surface area contributed by atoms with Crippen LogP contribution in [0.15, 0.2) is 41.0 Å². The van der Waals surface area contributed by atoms with Gasteiger partial charge in [0.2, 0.25) is 0 Å². The fourth-order valence-electron chi connectivity index (χ4n) is 3.47. The Kier molecular flexibility index (Phi) is 2.89. The van der Waals surface area contributed by atoms with Gasteiger partial charge >= 0.3 is 0 Å². The van der Waals surface area contributed by atoms with E-state index in [2.05, 4.69) is 25.1 Å². The quantitative estimate of drug-likeness (QED) is 0.628. The standard InChI is InChI=1S/C19H16O3/c1-11-2-5-14-12(8-11)3-7-18-19(14)16(10-22-18)15-6-4-13(20)9-17(15)21/h2-3,5,7-8,10,15H,4,6,9H2,1H3. The van der Waals surface area contributed by atoms with E-state index in [0.29, 0.717) is 12.8 Å². The molecule has 0 amide bonds. The number of aryl methyl sites for hydroxylation is 1. The van der Waals surface area contributed by atoms with Crippen LogP contribution in [0, 0.1) is 6.92 Å². The molecule has 110 valence electrons. The first-order valence-electron chi connectivity index (χ1n) is 7.58. The monoisotopic (exact) mass is 292 g/mol. The molecule has 2 aromatic carbocycles. The van der Waals surface area contributed by atoms with Crippen LogP contribution >= 0.6 is 0 Å². The highest BCUT2D eigenvalue weighted by Crippen LogP contribution is 2.38. The van der Waals surface area contributed by atoms with Crippen LogP contribution in [0.2, 0.25) is 0 Å². The molecule has 1 saturated carbocycles. The summed E-state index contributed by atoms with van der Waals surface area (Å²) in [6, 6.07) is 10.3. The van der Waals surface area contributed by atoms with Crippen LogP contribution in [0.1, 0.15) is 36.3 Å². The number of fused-ring (bicyclic) bond motifs is 3. The third kappa shape index (κ3) is 1.97. The van der Waals surface area contributed by atoms with Crippen molar-refractivity contribution >= 4 is 33.3 Å². The van der Waals surface area contributed by atoms with E-state index < -0.39 is 0 Å². The fraction of sp³-hybridized carbons (Fsp3) is 0.263. The molecule has 1 fully saturated rings. The van der Waals surface area contributed by atoms with Crippen molar-refractivity contribution in [3.8, 4) is 0 Å². The molecule has 0 radical (unpaired) electrons. The molecule has 1 heterocycles. The molecule has 4 rings (SSSR count). The summed E-state index contributed by atoms with van der Waals surface area (Å²) in [4.78, 5) is 23.7. The van der Waals surface area contributed by atoms with Crippen molar-refractivity contribution in [3.63, 3.8) is 0 Å². The van der Waals surface area contributed by atoms with Crippen molar-refractivity contribution < 1.29 is 14.0 Å². The van der Waals surface area contributed by atoms with Crippen molar-refractivity contribution in [2.45, 2.75) is 32.1 Å². The lowest BCUT2D eigenvalue weighted by Gasteiger charge is -2.19. The summed E-state index contributed by atoms with van der Waals surface area (Å²) < 4.78 is 5.68. The highest BCUT2D eigenvalue weighted by Gasteiger charge is 2.31. The maximum atomic E-state index is 12.3. The van der Waals surface area contributed by atoms with E-state index >= 15 is 0 Å². The zero-order valence-electron chi connectivity index (χ0n) is 12.4. The van der Waals surface area contributed by atoms with Crippen molar-refractivity contribution in [3.05, 3.63) is 47.7 Å². The summed E-state index contributed by atoms with van der Waals surface area (Å²) in [5.41, 5.74) is 2.94. The number of hydrogen-bond donors (Lipinski definition) is 0. The molecule has 0 saturated heterocycles. The van der Waals surface area contributed by atoms with E-state index in [9.17, 15) is 9.59 Å². The van der Waals surface area contributed by atoms with Crippen LogP contribution in [0.25, 0.3) is 21.7 Å². The van der Waals surface area contributed by atoms with Crippen LogP contribution in [-0.2, 0) is 9.59 Å². The Morgan fingerprint density at radius 1 is 1.14 bits per heavy atom. The molecule has 1 unspecified atom stereocenters. The van der Waals surface area contributed by atoms with E-state index in [1.807, 2.05) is 12.1 Å². The second-order valence-electron chi connectivity index (χ2n) is 6.13. The van der Waals surface area contributed by atoms with E-state index in [1.54, 1.807) is 6.26 Å². The number of ketones is 2. The minimum Gasteiger partial charge on any atom is -0.464 e. The van der Waals surface area contributed by atoms with Crippen LogP contribution in [0.5, 0.6) is 0 Å². The summed E-state index contributed by atoms with van der Waals surface area (Å²) in [5.74, 6) is -0.150. The summed E-state index contributed by atoms with van der Waals surface area (Å²) in [6.45, 7) is 2.07. The smallest absolute Gasteiger partial charge is 0.147 e. The molecule has 1 aliphatic rings. The fourth-order valence-corrected chi connectivity index (χ4v) is 3.47. The number of carbonyl (C=O) groups is 2. The van der Waals surface area contributed by atoms with Gasteiger partial charge in [0.25, 0.3) is 0 Å². The van der Waals surface area contributed by atoms with Crippen molar-refractivity contribution in [2.75, 3.05) is 0 Å². The van der Waals surface area contributed by atoms with E-state index in [0.717, 1.165) is 27.3 Å². The molecule has 1 aromatic heterocycles. The third-order valence-corrected chi connectivity index (χ3v) is 4.59. The van der Waals surface area contributed by atoms with Gasteiger partial charge in [-0.3, -0.25) is 9.59 Å². The van der Waals surface area contributed by atoms with Crippen molar-refractivity contribution in [1.82, 2.24) is 0 Å². The predicted molar refractivity (Wildman–Crippen MR) is 85.1 cm³/mol. The molecule has 0 spiro atoms. The van der Waals surface area contributed by atoms with Crippen molar-refractivity contribution in [2.24, 2.45) is 0 Å². The van der Waals surface area contributed by atoms with Crippen LogP contribution in [0.3, 0.4) is 0 Å². The Labute approximate surface area is 127 Å². The SMILES string of the molecule is Cc1ccc2c(ccc3occ(C4CCC(=O)CC4=O)c32)c1. The van der Waals surface area contributed by atoms with E-state index in [-0.39, 0.29) is 23.9 Å². The number of benzene rings is 2. The van der Waals surface area contributed by atoms with Gasteiger partial charge in [-0.1, -0.05) is 29.8 Å². The number of Topliss-reactive ketones (excluding diaryl/α,β-unsaturated/α-hetero) is 2. The lowest BCUT2D eigenvalue weighted by Crippen LogP contribution is -2.22. The number of hydrogen-bond acceptors (Lipinski definition) is 3. The molecule has 0 bridgehead atoms. The second kappa shape index (κ2) is 4.80. The first-order valence-corrected chi connectivity index (χ1v) is 7.58. The maximum absolute atomic E-state index is 12.3. The highest BCUT2D eigenvalue weighted by molar-refractivity contribution is 6.11. The van der Waals surface area contributed by atoms with Gasteiger partial charge in [-0.05, 0) is 30.2 Å². The molecule has 1 aliphatic carbocycles. The van der Waals surface area contributed by atoms with E-state index in [4.69, 9.17) is 4.42 Å². The van der Waals surface area contributed by atoms with Crippen LogP contribution < -0.4 is 0 Å². The average molecular weight is 292 g/mol. The van der Waals surface area contributed by atoms with Crippen molar-refractivity contribution in [1.29, 1.82) is 0 Å². The van der Waals surface area contributed by atoms with Gasteiger partial charge in [0, 0.05) is 23.3 Å². The third-order valence-electron chi connectivity index (χ3n) is 4.59. The number of rotatable bonds is 1. The van der Waals surface area contributed by atoms with Crippen LogP contribution in [-0.4, -0.2) is 11.6 Å². The zero-order chi connectivity index (χ0) is 15.3. The molecule has 3 nitrogen and oxygen atoms in total. The molecule has 3 heteroatoms. The molecule has 0 N–H and O–H groups in total. The predicted octanol–water partition coefficient (Wildman–Crippen LogP) is 4.30. The molecule has 3 aromatic rings. The van der Waals surface area contributed by atoms with E-state index in [1.165, 1.54) is 5.56 Å². The zero-order valence-corrected chi connectivity index (χ0v) is 12.4. The van der Waals surface area contributed by atoms with Crippen LogP contribution in [0.4, 0.5) is 0 Å². The molecular formula is C19H16O3. The topological polar surface area (TPSA) is 47.3 Å². The van der Waals surface area contributed by atoms with Gasteiger partial charge in [-0.2, -0.15) is 0 Å². The summed E-state index contributed by atoms with van der Waals surface area (Å²) in [7, 11) is 0. The first-order chi connectivity index (χ1) is 10.6. The molecule has 0 aliphatic heterocycles. The molecular weight excluding hydrogens is 276 g/mol. The number of carbonyl (C=O) groups excluding carboxylic acids is 2. The largest absolute Gasteiger partial charge is 0.464 e. The lowest BCUT2D eigenvalue weighted by atomic mass is 9.81. The Hall–Kier alpha value is -2.42. The normalized spacial score (nSPS) is 19.2. The Morgan fingerprint density at radius 2 is 2.00 bits per heavy atom. The second-order valence-corrected chi connectivity index (χ2v) is 6.13. The van der Waals surface area contributed by atoms with Gasteiger partial charge in [-0.25, -0.2) is 0 Å². The van der Waals surface area contributed by atoms with Gasteiger partial charge in [0.1, 0.15) is 17.1 Å². The Bertz CT molecular complexity index is 917. The summed E-state index contributed by atoms with van der Waals surface area (Å²) in [6.07, 6.45) is 2.82. The van der Waals surface area contributed by atoms with Gasteiger partial charge in [0.05, 0.1) is 12.7 Å². The molecule has 1 atom stereocenters. The Morgan fingerprint density at radius 3 is 2.82 bits per heavy atom. The summed E-state index contributed by atoms with van der Waals surface area (Å²) >= 11 is 0.